The minimum absolute atomic E-state index is 0.899. The molecule has 51 heavy (non-hydrogen) atoms. The molecule has 0 amide bonds. The van der Waals surface area contributed by atoms with Gasteiger partial charge in [0.25, 0.3) is 0 Å². The van der Waals surface area contributed by atoms with Gasteiger partial charge in [-0.1, -0.05) is 115 Å². The van der Waals surface area contributed by atoms with Crippen molar-refractivity contribution in [1.82, 2.24) is 9.13 Å². The molecule has 0 radical (unpaired) electrons. The molecule has 3 aromatic heterocycles. The first-order valence-electron chi connectivity index (χ1n) is 17.4. The molecule has 238 valence electrons. The van der Waals surface area contributed by atoms with Gasteiger partial charge in [-0.25, -0.2) is 0 Å². The number of nitrogens with zero attached hydrogens (tertiary/aromatic N) is 2. The number of hydrogen-bond donors (Lipinski definition) is 0. The van der Waals surface area contributed by atoms with Crippen LogP contribution in [0.3, 0.4) is 0 Å². The van der Waals surface area contributed by atoms with Crippen LogP contribution in [0.25, 0.3) is 99.2 Å². The van der Waals surface area contributed by atoms with Gasteiger partial charge >= 0.3 is 0 Å². The predicted molar refractivity (Wildman–Crippen MR) is 213 cm³/mol. The van der Waals surface area contributed by atoms with Crippen molar-refractivity contribution in [2.75, 3.05) is 0 Å². The fourth-order valence-corrected chi connectivity index (χ4v) is 8.22. The number of rotatable bonds is 4. The molecule has 0 spiro atoms. The summed E-state index contributed by atoms with van der Waals surface area (Å²) in [4.78, 5) is 0. The van der Waals surface area contributed by atoms with Crippen molar-refractivity contribution in [1.29, 1.82) is 0 Å². The Morgan fingerprint density at radius 2 is 0.824 bits per heavy atom. The van der Waals surface area contributed by atoms with E-state index in [1.165, 1.54) is 65.9 Å². The average Bonchev–Trinajstić information content (AvgIpc) is 3.86. The van der Waals surface area contributed by atoms with E-state index < -0.39 is 0 Å². The van der Waals surface area contributed by atoms with E-state index >= 15 is 0 Å². The van der Waals surface area contributed by atoms with E-state index in [-0.39, 0.29) is 0 Å². The molecule has 0 aliphatic heterocycles. The van der Waals surface area contributed by atoms with Crippen LogP contribution in [0.1, 0.15) is 0 Å². The van der Waals surface area contributed by atoms with Crippen molar-refractivity contribution in [3.63, 3.8) is 0 Å². The van der Waals surface area contributed by atoms with Crippen molar-refractivity contribution < 1.29 is 4.42 Å². The van der Waals surface area contributed by atoms with E-state index in [0.29, 0.717) is 0 Å². The molecule has 0 aliphatic rings. The first-order chi connectivity index (χ1) is 25.3. The van der Waals surface area contributed by atoms with E-state index in [2.05, 4.69) is 179 Å². The van der Waals surface area contributed by atoms with E-state index in [4.69, 9.17) is 4.42 Å². The molecule has 11 rings (SSSR count). The number of benzene rings is 8. The summed E-state index contributed by atoms with van der Waals surface area (Å²) >= 11 is 0. The van der Waals surface area contributed by atoms with Crippen LogP contribution in [0.5, 0.6) is 0 Å². The van der Waals surface area contributed by atoms with Crippen molar-refractivity contribution >= 4 is 65.6 Å². The van der Waals surface area contributed by atoms with Gasteiger partial charge in [0.05, 0.1) is 33.1 Å². The SMILES string of the molecule is c1ccc(-c2ccc(-n3c4ccccc4c4cc(-c5ccc6c(c5)c5ccccc5n6-c5cccc6oc7ccccc7c56)ccc43)cc2)cc1. The van der Waals surface area contributed by atoms with Gasteiger partial charge in [-0.15, -0.1) is 0 Å². The molecule has 8 aromatic carbocycles. The lowest BCUT2D eigenvalue weighted by molar-refractivity contribution is 0.669. The third-order valence-electron chi connectivity index (χ3n) is 10.5. The second-order valence-corrected chi connectivity index (χ2v) is 13.3. The Labute approximate surface area is 293 Å². The quantitative estimate of drug-likeness (QED) is 0.186. The Balaban J connectivity index is 1.08. The summed E-state index contributed by atoms with van der Waals surface area (Å²) in [6, 6.07) is 65.5. The van der Waals surface area contributed by atoms with E-state index in [0.717, 1.165) is 33.3 Å². The lowest BCUT2D eigenvalue weighted by Gasteiger charge is -2.11. The highest BCUT2D eigenvalue weighted by Gasteiger charge is 2.19. The number of aromatic nitrogens is 2. The lowest BCUT2D eigenvalue weighted by atomic mass is 10.0. The zero-order valence-electron chi connectivity index (χ0n) is 27.6. The molecule has 3 heteroatoms. The maximum absolute atomic E-state index is 6.30. The molecule has 0 atom stereocenters. The van der Waals surface area contributed by atoms with Crippen molar-refractivity contribution in [3.8, 4) is 33.6 Å². The Morgan fingerprint density at radius 3 is 1.53 bits per heavy atom. The molecule has 11 aromatic rings. The molecule has 0 saturated carbocycles. The number of furan rings is 1. The van der Waals surface area contributed by atoms with Crippen LogP contribution in [-0.4, -0.2) is 9.13 Å². The highest BCUT2D eigenvalue weighted by atomic mass is 16.3. The molecule has 0 bridgehead atoms. The third-order valence-corrected chi connectivity index (χ3v) is 10.5. The molecule has 3 heterocycles. The summed E-state index contributed by atoms with van der Waals surface area (Å²) in [5, 5.41) is 7.22. The molecule has 0 unspecified atom stereocenters. The van der Waals surface area contributed by atoms with E-state index in [1.54, 1.807) is 0 Å². The largest absolute Gasteiger partial charge is 0.456 e. The fourth-order valence-electron chi connectivity index (χ4n) is 8.22. The smallest absolute Gasteiger partial charge is 0.137 e. The van der Waals surface area contributed by atoms with Crippen LogP contribution >= 0.6 is 0 Å². The van der Waals surface area contributed by atoms with Gasteiger partial charge in [0.15, 0.2) is 0 Å². The first-order valence-corrected chi connectivity index (χ1v) is 17.4. The van der Waals surface area contributed by atoms with Gasteiger partial charge < -0.3 is 13.6 Å². The average molecular weight is 651 g/mol. The Hall–Kier alpha value is -6.84. The number of fused-ring (bicyclic) bond motifs is 9. The van der Waals surface area contributed by atoms with Crippen molar-refractivity contribution in [2.24, 2.45) is 0 Å². The first kappa shape index (κ1) is 28.0. The Morgan fingerprint density at radius 1 is 0.314 bits per heavy atom. The molecule has 0 saturated heterocycles. The summed E-state index contributed by atoms with van der Waals surface area (Å²) in [7, 11) is 0. The van der Waals surface area contributed by atoms with Gasteiger partial charge in [-0.2, -0.15) is 0 Å². The summed E-state index contributed by atoms with van der Waals surface area (Å²) in [5.74, 6) is 0. The maximum atomic E-state index is 6.30. The lowest BCUT2D eigenvalue weighted by Crippen LogP contribution is -1.94. The minimum Gasteiger partial charge on any atom is -0.456 e. The molecule has 0 fully saturated rings. The summed E-state index contributed by atoms with van der Waals surface area (Å²) in [6.45, 7) is 0. The number of hydrogen-bond acceptors (Lipinski definition) is 1. The standard InChI is InChI=1S/C48H30N2O/c1-2-11-31(12-3-1)32-21-25-35(26-22-32)49-41-16-7-4-13-36(41)39-29-33(23-27-43(39)49)34-24-28-44-40(30-34)37-14-5-8-17-42(37)50(44)45-18-10-20-47-48(45)38-15-6-9-19-46(38)51-47/h1-30H. The van der Waals surface area contributed by atoms with Crippen LogP contribution in [0.4, 0.5) is 0 Å². The van der Waals surface area contributed by atoms with Crippen LogP contribution < -0.4 is 0 Å². The fraction of sp³-hybridized carbons (Fsp3) is 0. The normalized spacial score (nSPS) is 11.9. The second kappa shape index (κ2) is 10.8. The molecule has 0 N–H and O–H groups in total. The Bertz CT molecular complexity index is 3120. The number of para-hydroxylation sites is 3. The van der Waals surface area contributed by atoms with Gasteiger partial charge in [0.1, 0.15) is 11.2 Å². The van der Waals surface area contributed by atoms with Crippen molar-refractivity contribution in [2.45, 2.75) is 0 Å². The molecular weight excluding hydrogens is 621 g/mol. The van der Waals surface area contributed by atoms with Gasteiger partial charge in [0, 0.05) is 32.6 Å². The summed E-state index contributed by atoms with van der Waals surface area (Å²) < 4.78 is 11.1. The van der Waals surface area contributed by atoms with Crippen LogP contribution in [0, 0.1) is 0 Å². The molecule has 3 nitrogen and oxygen atoms in total. The molecule has 0 aliphatic carbocycles. The second-order valence-electron chi connectivity index (χ2n) is 13.3. The van der Waals surface area contributed by atoms with Gasteiger partial charge in [-0.05, 0) is 89.0 Å². The monoisotopic (exact) mass is 650 g/mol. The molecular formula is C48H30N2O. The van der Waals surface area contributed by atoms with Crippen LogP contribution in [-0.2, 0) is 0 Å². The highest BCUT2D eigenvalue weighted by molar-refractivity contribution is 6.15. The summed E-state index contributed by atoms with van der Waals surface area (Å²) in [6.07, 6.45) is 0. The zero-order chi connectivity index (χ0) is 33.5. The van der Waals surface area contributed by atoms with Crippen LogP contribution in [0.2, 0.25) is 0 Å². The van der Waals surface area contributed by atoms with Crippen molar-refractivity contribution in [3.05, 3.63) is 182 Å². The van der Waals surface area contributed by atoms with E-state index in [9.17, 15) is 0 Å². The summed E-state index contributed by atoms with van der Waals surface area (Å²) in [5.41, 5.74) is 13.7. The van der Waals surface area contributed by atoms with E-state index in [1.807, 2.05) is 12.1 Å². The maximum Gasteiger partial charge on any atom is 0.137 e. The van der Waals surface area contributed by atoms with Crippen LogP contribution in [0.15, 0.2) is 186 Å². The predicted octanol–water partition coefficient (Wildman–Crippen LogP) is 13.1. The topological polar surface area (TPSA) is 23.0 Å². The Kier molecular flexibility index (Phi) is 5.96. The minimum atomic E-state index is 0.899. The zero-order valence-corrected chi connectivity index (χ0v) is 27.6. The van der Waals surface area contributed by atoms with Gasteiger partial charge in [-0.3, -0.25) is 0 Å². The van der Waals surface area contributed by atoms with Gasteiger partial charge in [0.2, 0.25) is 0 Å². The highest BCUT2D eigenvalue weighted by Crippen LogP contribution is 2.41. The third kappa shape index (κ3) is 4.19.